The van der Waals surface area contributed by atoms with Gasteiger partial charge in [0, 0.05) is 0 Å². The standard InChI is InChI=1S/C19H32O/c1-13(2)17(12-18(3,4)5)14-9-15(19(6,7)8)11-16(20)10-14/h9-11,13,17,20H,12H2,1-8H3. The molecule has 20 heavy (non-hydrogen) atoms. The first-order valence-electron chi connectivity index (χ1n) is 7.74. The fourth-order valence-corrected chi connectivity index (χ4v) is 2.68. The van der Waals surface area contributed by atoms with Crippen molar-refractivity contribution in [2.75, 3.05) is 0 Å². The maximum absolute atomic E-state index is 10.1. The van der Waals surface area contributed by atoms with Gasteiger partial charge in [-0.25, -0.2) is 0 Å². The van der Waals surface area contributed by atoms with E-state index < -0.39 is 0 Å². The van der Waals surface area contributed by atoms with Crippen LogP contribution in [0.15, 0.2) is 18.2 Å². The van der Waals surface area contributed by atoms with Crippen molar-refractivity contribution in [1.82, 2.24) is 0 Å². The number of aromatic hydroxyl groups is 1. The number of hydrogen-bond acceptors (Lipinski definition) is 1. The Kier molecular flexibility index (Phi) is 4.94. The molecular formula is C19H32O. The third-order valence-electron chi connectivity index (χ3n) is 3.87. The molecule has 0 heterocycles. The summed E-state index contributed by atoms with van der Waals surface area (Å²) in [4.78, 5) is 0. The summed E-state index contributed by atoms with van der Waals surface area (Å²) in [6.45, 7) is 18.0. The third kappa shape index (κ3) is 4.85. The number of hydrogen-bond donors (Lipinski definition) is 1. The average Bonchev–Trinajstić information content (AvgIpc) is 2.22. The molecular weight excluding hydrogens is 244 g/mol. The minimum Gasteiger partial charge on any atom is -0.508 e. The van der Waals surface area contributed by atoms with Gasteiger partial charge < -0.3 is 5.11 Å². The van der Waals surface area contributed by atoms with Crippen molar-refractivity contribution < 1.29 is 5.11 Å². The molecule has 0 amide bonds. The van der Waals surface area contributed by atoms with Gasteiger partial charge >= 0.3 is 0 Å². The van der Waals surface area contributed by atoms with Crippen LogP contribution in [0, 0.1) is 11.3 Å². The quantitative estimate of drug-likeness (QED) is 0.732. The monoisotopic (exact) mass is 276 g/mol. The first-order chi connectivity index (χ1) is 8.90. The smallest absolute Gasteiger partial charge is 0.116 e. The van der Waals surface area contributed by atoms with Gasteiger partial charge in [0.25, 0.3) is 0 Å². The molecule has 0 aliphatic rings. The summed E-state index contributed by atoms with van der Waals surface area (Å²) in [5, 5.41) is 10.1. The van der Waals surface area contributed by atoms with Crippen molar-refractivity contribution in [1.29, 1.82) is 0 Å². The van der Waals surface area contributed by atoms with E-state index in [1.54, 1.807) is 0 Å². The zero-order valence-corrected chi connectivity index (χ0v) is 14.5. The minimum atomic E-state index is 0.0662. The van der Waals surface area contributed by atoms with Crippen LogP contribution in [0.25, 0.3) is 0 Å². The first kappa shape index (κ1) is 17.1. The lowest BCUT2D eigenvalue weighted by molar-refractivity contribution is 0.300. The lowest BCUT2D eigenvalue weighted by atomic mass is 9.75. The maximum Gasteiger partial charge on any atom is 0.116 e. The Morgan fingerprint density at radius 3 is 1.90 bits per heavy atom. The van der Waals surface area contributed by atoms with Gasteiger partial charge in [-0.2, -0.15) is 0 Å². The maximum atomic E-state index is 10.1. The van der Waals surface area contributed by atoms with E-state index in [0.717, 1.165) is 6.42 Å². The molecule has 1 nitrogen and oxygen atoms in total. The van der Waals surface area contributed by atoms with Gasteiger partial charge in [0.15, 0.2) is 0 Å². The molecule has 0 spiro atoms. The number of phenols is 1. The first-order valence-corrected chi connectivity index (χ1v) is 7.74. The van der Waals surface area contributed by atoms with Crippen molar-refractivity contribution in [2.45, 2.75) is 73.1 Å². The Balaban J connectivity index is 3.24. The van der Waals surface area contributed by atoms with E-state index in [1.807, 2.05) is 12.1 Å². The number of phenolic OH excluding ortho intramolecular Hbond substituents is 1. The Bertz CT molecular complexity index is 444. The molecule has 0 saturated heterocycles. The van der Waals surface area contributed by atoms with Gasteiger partial charge in [0.2, 0.25) is 0 Å². The summed E-state index contributed by atoms with van der Waals surface area (Å²) in [5.74, 6) is 1.46. The highest BCUT2D eigenvalue weighted by atomic mass is 16.3. The van der Waals surface area contributed by atoms with Crippen LogP contribution in [-0.2, 0) is 5.41 Å². The van der Waals surface area contributed by atoms with Crippen LogP contribution in [-0.4, -0.2) is 5.11 Å². The Morgan fingerprint density at radius 2 is 1.50 bits per heavy atom. The predicted molar refractivity (Wildman–Crippen MR) is 88.5 cm³/mol. The Labute approximate surface area is 125 Å². The molecule has 0 aliphatic carbocycles. The minimum absolute atomic E-state index is 0.0662. The van der Waals surface area contributed by atoms with Crippen molar-refractivity contribution in [3.63, 3.8) is 0 Å². The molecule has 0 aromatic heterocycles. The molecule has 1 heteroatoms. The normalized spacial score (nSPS) is 14.7. The van der Waals surface area contributed by atoms with Crippen molar-refractivity contribution in [3.8, 4) is 5.75 Å². The van der Waals surface area contributed by atoms with Gasteiger partial charge in [-0.1, -0.05) is 61.5 Å². The fraction of sp³-hybridized carbons (Fsp3) is 0.684. The highest BCUT2D eigenvalue weighted by Gasteiger charge is 2.25. The predicted octanol–water partition coefficient (Wildman–Crippen LogP) is 5.87. The van der Waals surface area contributed by atoms with Crippen LogP contribution in [0.3, 0.4) is 0 Å². The summed E-state index contributed by atoms with van der Waals surface area (Å²) in [7, 11) is 0. The van der Waals surface area contributed by atoms with Gasteiger partial charge in [-0.15, -0.1) is 0 Å². The van der Waals surface area contributed by atoms with E-state index in [4.69, 9.17) is 0 Å². The van der Waals surface area contributed by atoms with E-state index in [9.17, 15) is 5.11 Å². The molecule has 0 radical (unpaired) electrons. The van der Waals surface area contributed by atoms with Crippen molar-refractivity contribution in [3.05, 3.63) is 29.3 Å². The van der Waals surface area contributed by atoms with Crippen LogP contribution in [0.4, 0.5) is 0 Å². The van der Waals surface area contributed by atoms with Crippen LogP contribution in [0.5, 0.6) is 5.75 Å². The Morgan fingerprint density at radius 1 is 0.950 bits per heavy atom. The van der Waals surface area contributed by atoms with Gasteiger partial charge in [0.05, 0.1) is 0 Å². The highest BCUT2D eigenvalue weighted by molar-refractivity contribution is 5.38. The molecule has 114 valence electrons. The van der Waals surface area contributed by atoms with Crippen LogP contribution in [0.1, 0.15) is 78.9 Å². The molecule has 0 saturated carbocycles. The summed E-state index contributed by atoms with van der Waals surface area (Å²) >= 11 is 0. The second-order valence-corrected chi connectivity index (χ2v) is 8.68. The van der Waals surface area contributed by atoms with E-state index in [1.165, 1.54) is 11.1 Å². The third-order valence-corrected chi connectivity index (χ3v) is 3.87. The molecule has 1 aromatic rings. The highest BCUT2D eigenvalue weighted by Crippen LogP contribution is 2.39. The van der Waals surface area contributed by atoms with Crippen LogP contribution in [0.2, 0.25) is 0 Å². The molecule has 1 unspecified atom stereocenters. The average molecular weight is 276 g/mol. The summed E-state index contributed by atoms with van der Waals surface area (Å²) in [5.41, 5.74) is 2.85. The largest absolute Gasteiger partial charge is 0.508 e. The van der Waals surface area contributed by atoms with Crippen molar-refractivity contribution >= 4 is 0 Å². The summed E-state index contributed by atoms with van der Waals surface area (Å²) in [6.07, 6.45) is 1.14. The fourth-order valence-electron chi connectivity index (χ4n) is 2.68. The summed E-state index contributed by atoms with van der Waals surface area (Å²) < 4.78 is 0. The molecule has 1 rings (SSSR count). The van der Waals surface area contributed by atoms with Crippen LogP contribution < -0.4 is 0 Å². The van der Waals surface area contributed by atoms with E-state index in [0.29, 0.717) is 23.0 Å². The van der Waals surface area contributed by atoms with Crippen molar-refractivity contribution in [2.24, 2.45) is 11.3 Å². The lowest BCUT2D eigenvalue weighted by Gasteiger charge is -2.30. The molecule has 1 atom stereocenters. The van der Waals surface area contributed by atoms with E-state index in [2.05, 4.69) is 61.5 Å². The van der Waals surface area contributed by atoms with Gasteiger partial charge in [-0.05, 0) is 52.3 Å². The second-order valence-electron chi connectivity index (χ2n) is 8.68. The van der Waals surface area contributed by atoms with E-state index in [-0.39, 0.29) is 5.41 Å². The molecule has 0 aliphatic heterocycles. The second kappa shape index (κ2) is 5.79. The van der Waals surface area contributed by atoms with Gasteiger partial charge in [-0.3, -0.25) is 0 Å². The van der Waals surface area contributed by atoms with E-state index >= 15 is 0 Å². The zero-order chi connectivity index (χ0) is 15.7. The SMILES string of the molecule is CC(C)C(CC(C)(C)C)c1cc(O)cc(C(C)(C)C)c1. The lowest BCUT2D eigenvalue weighted by Crippen LogP contribution is -2.18. The molecule has 1 N–H and O–H groups in total. The van der Waals surface area contributed by atoms with Gasteiger partial charge in [0.1, 0.15) is 5.75 Å². The number of rotatable bonds is 3. The number of benzene rings is 1. The molecule has 0 bridgehead atoms. The topological polar surface area (TPSA) is 20.2 Å². The van der Waals surface area contributed by atoms with Crippen LogP contribution >= 0.6 is 0 Å². The summed E-state index contributed by atoms with van der Waals surface area (Å²) in [6, 6.07) is 6.14. The Hall–Kier alpha value is -0.980. The molecule has 0 fully saturated rings. The zero-order valence-electron chi connectivity index (χ0n) is 14.5. The molecule has 1 aromatic carbocycles.